The number of allylic oxidation sites excluding steroid dienone is 1. The molecule has 2 aromatic carbocycles. The molecule has 27 heavy (non-hydrogen) atoms. The summed E-state index contributed by atoms with van der Waals surface area (Å²) in [6, 6.07) is 20.1. The molecule has 0 amide bonds. The first-order valence-corrected chi connectivity index (χ1v) is 9.42. The second kappa shape index (κ2) is 13.2. The summed E-state index contributed by atoms with van der Waals surface area (Å²) in [4.78, 5) is 0. The van der Waals surface area contributed by atoms with Gasteiger partial charge in [0.05, 0.1) is 39.1 Å². The fraction of sp³-hybridized carbons (Fsp3) is 0.391. The third-order valence-electron chi connectivity index (χ3n) is 3.88. The Morgan fingerprint density at radius 2 is 1.56 bits per heavy atom. The molecule has 0 saturated carbocycles. The SMILES string of the molecule is CC=CC[C@@H](O)COCc1ccccc1.c1ccc(COC[C@H]2CO2)cc1. The van der Waals surface area contributed by atoms with Crippen LogP contribution in [0.1, 0.15) is 24.5 Å². The van der Waals surface area contributed by atoms with Gasteiger partial charge < -0.3 is 19.3 Å². The lowest BCUT2D eigenvalue weighted by atomic mass is 10.2. The third-order valence-corrected chi connectivity index (χ3v) is 3.88. The van der Waals surface area contributed by atoms with E-state index >= 15 is 0 Å². The average molecular weight is 370 g/mol. The smallest absolute Gasteiger partial charge is 0.104 e. The van der Waals surface area contributed by atoms with Crippen LogP contribution < -0.4 is 0 Å². The van der Waals surface area contributed by atoms with E-state index in [2.05, 4.69) is 12.1 Å². The predicted octanol–water partition coefficient (Wildman–Crippen LogP) is 4.13. The summed E-state index contributed by atoms with van der Waals surface area (Å²) in [7, 11) is 0. The summed E-state index contributed by atoms with van der Waals surface area (Å²) in [5.74, 6) is 0. The van der Waals surface area contributed by atoms with Crippen LogP contribution in [0.4, 0.5) is 0 Å². The van der Waals surface area contributed by atoms with Gasteiger partial charge in [-0.1, -0.05) is 72.8 Å². The standard InChI is InChI=1S/C13H18O2.C10H12O2/c1-2-3-9-13(14)11-15-10-12-7-5-4-6-8-12;1-2-4-9(5-3-1)6-11-7-10-8-12-10/h2-8,13-14H,9-11H2,1H3;1-5,10H,6-8H2/t13-;10-/m10/s1. The van der Waals surface area contributed by atoms with Crippen molar-refractivity contribution >= 4 is 0 Å². The molecule has 4 nitrogen and oxygen atoms in total. The van der Waals surface area contributed by atoms with Crippen molar-refractivity contribution in [3.8, 4) is 0 Å². The molecule has 4 heteroatoms. The molecule has 2 aromatic rings. The number of aliphatic hydroxyl groups excluding tert-OH is 1. The first kappa shape index (κ1) is 21.3. The van der Waals surface area contributed by atoms with Crippen LogP contribution in [0.3, 0.4) is 0 Å². The number of rotatable bonds is 10. The summed E-state index contributed by atoms with van der Waals surface area (Å²) in [5, 5.41) is 9.48. The van der Waals surface area contributed by atoms with Crippen molar-refractivity contribution in [2.75, 3.05) is 19.8 Å². The largest absolute Gasteiger partial charge is 0.390 e. The van der Waals surface area contributed by atoms with Crippen molar-refractivity contribution in [2.45, 2.75) is 38.8 Å². The zero-order valence-electron chi connectivity index (χ0n) is 16.0. The molecule has 1 heterocycles. The van der Waals surface area contributed by atoms with Crippen molar-refractivity contribution in [2.24, 2.45) is 0 Å². The van der Waals surface area contributed by atoms with E-state index in [0.29, 0.717) is 32.3 Å². The van der Waals surface area contributed by atoms with Crippen molar-refractivity contribution < 1.29 is 19.3 Å². The van der Waals surface area contributed by atoms with Gasteiger partial charge in [0.15, 0.2) is 0 Å². The molecule has 1 saturated heterocycles. The molecule has 0 aromatic heterocycles. The van der Waals surface area contributed by atoms with Crippen LogP contribution in [-0.2, 0) is 27.4 Å². The lowest BCUT2D eigenvalue weighted by molar-refractivity contribution is 0.0301. The number of ether oxygens (including phenoxy) is 3. The molecule has 0 radical (unpaired) electrons. The molecule has 2 atom stereocenters. The van der Waals surface area contributed by atoms with E-state index in [1.807, 2.05) is 67.6 Å². The molecule has 3 rings (SSSR count). The highest BCUT2D eigenvalue weighted by molar-refractivity contribution is 5.14. The fourth-order valence-corrected chi connectivity index (χ4v) is 2.29. The van der Waals surface area contributed by atoms with Crippen LogP contribution in [-0.4, -0.2) is 37.1 Å². The first-order chi connectivity index (χ1) is 13.3. The normalized spacial score (nSPS) is 16.6. The van der Waals surface area contributed by atoms with Gasteiger partial charge in [-0.3, -0.25) is 0 Å². The number of aliphatic hydroxyl groups is 1. The number of hydrogen-bond acceptors (Lipinski definition) is 4. The van der Waals surface area contributed by atoms with Crippen LogP contribution in [0.2, 0.25) is 0 Å². The lowest BCUT2D eigenvalue weighted by Crippen LogP contribution is -2.13. The Labute approximate surface area is 162 Å². The predicted molar refractivity (Wildman–Crippen MR) is 107 cm³/mol. The van der Waals surface area contributed by atoms with Crippen molar-refractivity contribution in [1.82, 2.24) is 0 Å². The fourth-order valence-electron chi connectivity index (χ4n) is 2.29. The quantitative estimate of drug-likeness (QED) is 0.505. The highest BCUT2D eigenvalue weighted by Gasteiger charge is 2.21. The van der Waals surface area contributed by atoms with Crippen LogP contribution in [0, 0.1) is 0 Å². The van der Waals surface area contributed by atoms with Crippen molar-refractivity contribution in [1.29, 1.82) is 0 Å². The summed E-state index contributed by atoms with van der Waals surface area (Å²) >= 11 is 0. The van der Waals surface area contributed by atoms with Gasteiger partial charge in [-0.2, -0.15) is 0 Å². The van der Waals surface area contributed by atoms with Crippen LogP contribution in [0.15, 0.2) is 72.8 Å². The molecule has 0 spiro atoms. The molecule has 1 N–H and O–H groups in total. The van der Waals surface area contributed by atoms with Gasteiger partial charge in [0.25, 0.3) is 0 Å². The molecule has 146 valence electrons. The Balaban J connectivity index is 0.000000198. The molecule has 1 aliphatic rings. The zero-order chi connectivity index (χ0) is 19.2. The molecular weight excluding hydrogens is 340 g/mol. The third kappa shape index (κ3) is 10.7. The van der Waals surface area contributed by atoms with Gasteiger partial charge in [0.1, 0.15) is 6.10 Å². The Hall–Kier alpha value is -1.98. The van der Waals surface area contributed by atoms with Crippen molar-refractivity contribution in [3.05, 3.63) is 83.9 Å². The zero-order valence-corrected chi connectivity index (χ0v) is 16.0. The Morgan fingerprint density at radius 1 is 1.00 bits per heavy atom. The number of benzene rings is 2. The van der Waals surface area contributed by atoms with E-state index < -0.39 is 6.10 Å². The maximum atomic E-state index is 9.48. The molecule has 1 aliphatic heterocycles. The highest BCUT2D eigenvalue weighted by Crippen LogP contribution is 2.10. The Kier molecular flexibility index (Phi) is 10.4. The number of hydrogen-bond donors (Lipinski definition) is 1. The summed E-state index contributed by atoms with van der Waals surface area (Å²) in [5.41, 5.74) is 2.36. The minimum Gasteiger partial charge on any atom is -0.390 e. The van der Waals surface area contributed by atoms with Crippen LogP contribution >= 0.6 is 0 Å². The summed E-state index contributed by atoms with van der Waals surface area (Å²) in [6.45, 7) is 5.19. The van der Waals surface area contributed by atoms with Gasteiger partial charge in [-0.05, 0) is 24.5 Å². The second-order valence-corrected chi connectivity index (χ2v) is 6.42. The van der Waals surface area contributed by atoms with E-state index in [-0.39, 0.29) is 0 Å². The van der Waals surface area contributed by atoms with E-state index in [1.165, 1.54) is 5.56 Å². The maximum absolute atomic E-state index is 9.48. The second-order valence-electron chi connectivity index (χ2n) is 6.42. The van der Waals surface area contributed by atoms with Gasteiger partial charge in [0, 0.05) is 0 Å². The summed E-state index contributed by atoms with van der Waals surface area (Å²) < 4.78 is 15.8. The van der Waals surface area contributed by atoms with Gasteiger partial charge in [0.2, 0.25) is 0 Å². The maximum Gasteiger partial charge on any atom is 0.104 e. The van der Waals surface area contributed by atoms with Crippen LogP contribution in [0.5, 0.6) is 0 Å². The Morgan fingerprint density at radius 3 is 2.07 bits per heavy atom. The van der Waals surface area contributed by atoms with Crippen molar-refractivity contribution in [3.63, 3.8) is 0 Å². The number of epoxide rings is 1. The molecule has 0 aliphatic carbocycles. The van der Waals surface area contributed by atoms with E-state index in [1.54, 1.807) is 0 Å². The van der Waals surface area contributed by atoms with Crippen LogP contribution in [0.25, 0.3) is 0 Å². The molecule has 0 unspecified atom stereocenters. The topological polar surface area (TPSA) is 51.2 Å². The van der Waals surface area contributed by atoms with Gasteiger partial charge in [-0.25, -0.2) is 0 Å². The summed E-state index contributed by atoms with van der Waals surface area (Å²) in [6.07, 6.45) is 4.50. The molecule has 0 bridgehead atoms. The minimum atomic E-state index is -0.398. The van der Waals surface area contributed by atoms with E-state index in [0.717, 1.165) is 18.8 Å². The first-order valence-electron chi connectivity index (χ1n) is 9.42. The lowest BCUT2D eigenvalue weighted by Gasteiger charge is -2.08. The minimum absolute atomic E-state index is 0.369. The van der Waals surface area contributed by atoms with Gasteiger partial charge >= 0.3 is 0 Å². The van der Waals surface area contributed by atoms with E-state index in [4.69, 9.17) is 14.2 Å². The van der Waals surface area contributed by atoms with E-state index in [9.17, 15) is 5.11 Å². The monoisotopic (exact) mass is 370 g/mol. The highest BCUT2D eigenvalue weighted by atomic mass is 16.6. The molecular formula is C23H30O4. The average Bonchev–Trinajstić information content (AvgIpc) is 3.53. The Bertz CT molecular complexity index is 623. The van der Waals surface area contributed by atoms with Gasteiger partial charge in [-0.15, -0.1) is 0 Å². The molecule has 1 fully saturated rings.